The fourth-order valence-electron chi connectivity index (χ4n) is 3.28. The lowest BCUT2D eigenvalue weighted by molar-refractivity contribution is -0.140. The second-order valence-electron chi connectivity index (χ2n) is 7.53. The molecule has 0 saturated carbocycles. The molecule has 1 atom stereocenters. The average Bonchev–Trinajstić information content (AvgIpc) is 2.79. The summed E-state index contributed by atoms with van der Waals surface area (Å²) in [6.07, 6.45) is 4.17. The highest BCUT2D eigenvalue weighted by molar-refractivity contribution is 5.87. The quantitative estimate of drug-likeness (QED) is 0.529. The number of nitrogens with zero attached hydrogens (tertiary/aromatic N) is 1. The molecular formula is C25H34N2O3. The molecule has 0 bridgehead atoms. The van der Waals surface area contributed by atoms with Crippen LogP contribution in [0.1, 0.15) is 50.7 Å². The molecule has 1 N–H and O–H groups in total. The van der Waals surface area contributed by atoms with Crippen molar-refractivity contribution >= 4 is 11.8 Å². The molecule has 0 aliphatic heterocycles. The Hall–Kier alpha value is -2.82. The maximum atomic E-state index is 13.1. The van der Waals surface area contributed by atoms with Crippen molar-refractivity contribution < 1.29 is 14.3 Å². The van der Waals surface area contributed by atoms with E-state index < -0.39 is 6.04 Å². The van der Waals surface area contributed by atoms with Gasteiger partial charge in [0.15, 0.2) is 0 Å². The van der Waals surface area contributed by atoms with E-state index in [1.54, 1.807) is 18.9 Å². The topological polar surface area (TPSA) is 58.6 Å². The zero-order chi connectivity index (χ0) is 21.8. The number of ether oxygens (including phenoxy) is 1. The molecule has 5 nitrogen and oxygen atoms in total. The van der Waals surface area contributed by atoms with Crippen LogP contribution in [0.2, 0.25) is 0 Å². The van der Waals surface area contributed by atoms with Gasteiger partial charge in [0.05, 0.1) is 7.11 Å². The summed E-state index contributed by atoms with van der Waals surface area (Å²) in [5.41, 5.74) is 2.08. The van der Waals surface area contributed by atoms with Gasteiger partial charge in [-0.25, -0.2) is 0 Å². The summed E-state index contributed by atoms with van der Waals surface area (Å²) in [6, 6.07) is 17.0. The van der Waals surface area contributed by atoms with Crippen LogP contribution >= 0.6 is 0 Å². The van der Waals surface area contributed by atoms with Gasteiger partial charge in [0, 0.05) is 19.5 Å². The zero-order valence-electron chi connectivity index (χ0n) is 18.4. The van der Waals surface area contributed by atoms with Crippen molar-refractivity contribution in [2.45, 2.75) is 58.5 Å². The van der Waals surface area contributed by atoms with Gasteiger partial charge in [-0.05, 0) is 43.0 Å². The number of benzene rings is 2. The molecule has 1 unspecified atom stereocenters. The zero-order valence-corrected chi connectivity index (χ0v) is 18.4. The van der Waals surface area contributed by atoms with Gasteiger partial charge < -0.3 is 15.0 Å². The Morgan fingerprint density at radius 2 is 1.70 bits per heavy atom. The van der Waals surface area contributed by atoms with E-state index in [0.29, 0.717) is 25.9 Å². The van der Waals surface area contributed by atoms with E-state index in [9.17, 15) is 9.59 Å². The molecular weight excluding hydrogens is 376 g/mol. The molecule has 5 heteroatoms. The highest BCUT2D eigenvalue weighted by Crippen LogP contribution is 2.16. The van der Waals surface area contributed by atoms with Crippen molar-refractivity contribution in [1.29, 1.82) is 0 Å². The number of hydrogen-bond donors (Lipinski definition) is 1. The fraction of sp³-hybridized carbons (Fsp3) is 0.440. The highest BCUT2D eigenvalue weighted by Gasteiger charge is 2.25. The number of carbonyl (C=O) groups excluding carboxylic acids is 2. The van der Waals surface area contributed by atoms with E-state index in [4.69, 9.17) is 4.74 Å². The summed E-state index contributed by atoms with van der Waals surface area (Å²) < 4.78 is 5.21. The number of aryl methyl sites for hydroxylation is 1. The van der Waals surface area contributed by atoms with Gasteiger partial charge in [0.2, 0.25) is 11.8 Å². The summed E-state index contributed by atoms with van der Waals surface area (Å²) in [4.78, 5) is 27.5. The number of carbonyl (C=O) groups is 2. The Morgan fingerprint density at radius 3 is 2.33 bits per heavy atom. The largest absolute Gasteiger partial charge is 0.497 e. The van der Waals surface area contributed by atoms with Gasteiger partial charge in [-0.2, -0.15) is 0 Å². The van der Waals surface area contributed by atoms with Gasteiger partial charge in [-0.3, -0.25) is 9.59 Å². The molecule has 2 rings (SSSR count). The van der Waals surface area contributed by atoms with Gasteiger partial charge in [-0.15, -0.1) is 0 Å². The molecule has 30 heavy (non-hydrogen) atoms. The second-order valence-corrected chi connectivity index (χ2v) is 7.53. The Kier molecular flexibility index (Phi) is 9.92. The number of hydrogen-bond acceptors (Lipinski definition) is 3. The van der Waals surface area contributed by atoms with E-state index in [1.165, 1.54) is 0 Å². The third-order valence-electron chi connectivity index (χ3n) is 5.23. The van der Waals surface area contributed by atoms with E-state index in [1.807, 2.05) is 54.6 Å². The van der Waals surface area contributed by atoms with Crippen LogP contribution < -0.4 is 10.1 Å². The Balaban J connectivity index is 2.07. The van der Waals surface area contributed by atoms with Gasteiger partial charge in [0.1, 0.15) is 11.8 Å². The first-order valence-corrected chi connectivity index (χ1v) is 10.8. The van der Waals surface area contributed by atoms with Crippen LogP contribution in [0.5, 0.6) is 5.75 Å². The van der Waals surface area contributed by atoms with Crippen LogP contribution in [0, 0.1) is 0 Å². The third kappa shape index (κ3) is 7.54. The molecule has 0 radical (unpaired) electrons. The summed E-state index contributed by atoms with van der Waals surface area (Å²) >= 11 is 0. The number of rotatable bonds is 12. The standard InChI is InChI=1S/C25H34N2O3/c1-4-5-9-18-26-25(29)20(2)27(19-22-12-15-23(30-3)16-13-22)24(28)17-14-21-10-7-6-8-11-21/h6-8,10-13,15-16,20H,4-5,9,14,17-19H2,1-3H3,(H,26,29). The molecule has 0 heterocycles. The lowest BCUT2D eigenvalue weighted by atomic mass is 10.1. The summed E-state index contributed by atoms with van der Waals surface area (Å²) in [7, 11) is 1.62. The first kappa shape index (κ1) is 23.5. The van der Waals surface area contributed by atoms with Crippen LogP contribution in [-0.4, -0.2) is 36.4 Å². The molecule has 0 fully saturated rings. The number of unbranched alkanes of at least 4 members (excludes halogenated alkanes) is 2. The molecule has 162 valence electrons. The van der Waals surface area contributed by atoms with E-state index in [2.05, 4.69) is 12.2 Å². The molecule has 0 aromatic heterocycles. The molecule has 0 saturated heterocycles. The lowest BCUT2D eigenvalue weighted by Crippen LogP contribution is -2.47. The lowest BCUT2D eigenvalue weighted by Gasteiger charge is -2.29. The van der Waals surface area contributed by atoms with Crippen molar-refractivity contribution in [2.24, 2.45) is 0 Å². The van der Waals surface area contributed by atoms with E-state index in [0.717, 1.165) is 36.1 Å². The van der Waals surface area contributed by atoms with Crippen molar-refractivity contribution in [1.82, 2.24) is 10.2 Å². The fourth-order valence-corrected chi connectivity index (χ4v) is 3.28. The van der Waals surface area contributed by atoms with Gasteiger partial charge in [-0.1, -0.05) is 62.2 Å². The Bertz CT molecular complexity index is 775. The van der Waals surface area contributed by atoms with Gasteiger partial charge >= 0.3 is 0 Å². The maximum absolute atomic E-state index is 13.1. The molecule has 2 amide bonds. The molecule has 0 aliphatic carbocycles. The first-order chi connectivity index (χ1) is 14.5. The maximum Gasteiger partial charge on any atom is 0.242 e. The minimum Gasteiger partial charge on any atom is -0.497 e. The van der Waals surface area contributed by atoms with E-state index >= 15 is 0 Å². The van der Waals surface area contributed by atoms with Crippen LogP contribution in [0.25, 0.3) is 0 Å². The van der Waals surface area contributed by atoms with Crippen molar-refractivity contribution in [3.63, 3.8) is 0 Å². The van der Waals surface area contributed by atoms with Crippen LogP contribution in [0.3, 0.4) is 0 Å². The van der Waals surface area contributed by atoms with Crippen molar-refractivity contribution in [3.8, 4) is 5.75 Å². The average molecular weight is 411 g/mol. The number of methoxy groups -OCH3 is 1. The highest BCUT2D eigenvalue weighted by atomic mass is 16.5. The molecule has 0 aliphatic rings. The van der Waals surface area contributed by atoms with Crippen LogP contribution in [-0.2, 0) is 22.6 Å². The summed E-state index contributed by atoms with van der Waals surface area (Å²) in [5.74, 6) is 0.640. The number of amides is 2. The van der Waals surface area contributed by atoms with Crippen LogP contribution in [0.4, 0.5) is 0 Å². The van der Waals surface area contributed by atoms with E-state index in [-0.39, 0.29) is 11.8 Å². The summed E-state index contributed by atoms with van der Waals surface area (Å²) in [5, 5.41) is 2.98. The Morgan fingerprint density at radius 1 is 1.00 bits per heavy atom. The molecule has 0 spiro atoms. The normalized spacial score (nSPS) is 11.6. The SMILES string of the molecule is CCCCCNC(=O)C(C)N(Cc1ccc(OC)cc1)C(=O)CCc1ccccc1. The second kappa shape index (κ2) is 12.7. The predicted molar refractivity (Wildman–Crippen MR) is 120 cm³/mol. The van der Waals surface area contributed by atoms with Gasteiger partial charge in [0.25, 0.3) is 0 Å². The van der Waals surface area contributed by atoms with Crippen molar-refractivity contribution in [2.75, 3.05) is 13.7 Å². The number of nitrogens with one attached hydrogen (secondary N) is 1. The minimum atomic E-state index is -0.531. The third-order valence-corrected chi connectivity index (χ3v) is 5.23. The smallest absolute Gasteiger partial charge is 0.242 e. The summed E-state index contributed by atoms with van der Waals surface area (Å²) in [6.45, 7) is 4.97. The predicted octanol–water partition coefficient (Wildman–Crippen LogP) is 4.35. The first-order valence-electron chi connectivity index (χ1n) is 10.8. The monoisotopic (exact) mass is 410 g/mol. The van der Waals surface area contributed by atoms with Crippen LogP contribution in [0.15, 0.2) is 54.6 Å². The minimum absolute atomic E-state index is 0.0223. The Labute approximate surface area is 180 Å². The molecule has 2 aromatic carbocycles. The van der Waals surface area contributed by atoms with Crippen molar-refractivity contribution in [3.05, 3.63) is 65.7 Å². The molecule has 2 aromatic rings.